The number of hydrogen-bond acceptors (Lipinski definition) is 2. The molecule has 1 aromatic rings. The molecule has 1 N–H and O–H groups in total. The largest absolute Gasteiger partial charge is 0.492 e. The molecule has 2 nitrogen and oxygen atoms in total. The second-order valence-electron chi connectivity index (χ2n) is 5.43. The molecule has 2 unspecified atom stereocenters. The van der Waals surface area contributed by atoms with E-state index >= 15 is 0 Å². The molecule has 3 heteroatoms. The molecule has 1 saturated carbocycles. The number of hydrogen-bond donors (Lipinski definition) is 1. The molecule has 2 atom stereocenters. The quantitative estimate of drug-likeness (QED) is 0.844. The van der Waals surface area contributed by atoms with Crippen molar-refractivity contribution >= 4 is 11.6 Å². The van der Waals surface area contributed by atoms with Gasteiger partial charge in [0, 0.05) is 6.04 Å². The van der Waals surface area contributed by atoms with Crippen LogP contribution in [0.1, 0.15) is 38.2 Å². The Hall–Kier alpha value is -0.730. The van der Waals surface area contributed by atoms with Crippen molar-refractivity contribution in [3.63, 3.8) is 0 Å². The number of nitrogens with one attached hydrogen (secondary N) is 1. The lowest BCUT2D eigenvalue weighted by Crippen LogP contribution is -2.32. The van der Waals surface area contributed by atoms with Gasteiger partial charge in [-0.05, 0) is 56.3 Å². The van der Waals surface area contributed by atoms with Gasteiger partial charge in [0.25, 0.3) is 0 Å². The smallest absolute Gasteiger partial charge is 0.137 e. The van der Waals surface area contributed by atoms with Crippen LogP contribution in [0.15, 0.2) is 18.2 Å². The molecule has 19 heavy (non-hydrogen) atoms. The minimum absolute atomic E-state index is 0.682. The van der Waals surface area contributed by atoms with Gasteiger partial charge in [0.05, 0.1) is 11.6 Å². The Morgan fingerprint density at radius 1 is 1.37 bits per heavy atom. The fraction of sp³-hybridized carbons (Fsp3) is 0.625. The van der Waals surface area contributed by atoms with E-state index in [1.54, 1.807) is 0 Å². The molecule has 2 rings (SSSR count). The van der Waals surface area contributed by atoms with Gasteiger partial charge >= 0.3 is 0 Å². The van der Waals surface area contributed by atoms with Crippen LogP contribution >= 0.6 is 11.6 Å². The average Bonchev–Trinajstić information content (AvgIpc) is 2.80. The van der Waals surface area contributed by atoms with Gasteiger partial charge in [-0.3, -0.25) is 0 Å². The molecule has 0 amide bonds. The number of halogens is 1. The molecule has 0 radical (unpaired) electrons. The Labute approximate surface area is 121 Å². The summed E-state index contributed by atoms with van der Waals surface area (Å²) < 4.78 is 5.82. The highest BCUT2D eigenvalue weighted by atomic mass is 35.5. The second-order valence-corrected chi connectivity index (χ2v) is 5.83. The van der Waals surface area contributed by atoms with E-state index in [-0.39, 0.29) is 0 Å². The molecule has 1 aliphatic rings. The van der Waals surface area contributed by atoms with Crippen molar-refractivity contribution in [3.05, 3.63) is 28.8 Å². The van der Waals surface area contributed by atoms with E-state index in [2.05, 4.69) is 12.2 Å². The van der Waals surface area contributed by atoms with Crippen molar-refractivity contribution in [2.24, 2.45) is 5.92 Å². The molecule has 106 valence electrons. The molecule has 0 aliphatic heterocycles. The Bertz CT molecular complexity index is 408. The third-order valence-electron chi connectivity index (χ3n) is 3.96. The zero-order valence-electron chi connectivity index (χ0n) is 11.9. The van der Waals surface area contributed by atoms with Gasteiger partial charge in [-0.25, -0.2) is 0 Å². The lowest BCUT2D eigenvalue weighted by atomic mass is 10.00. The highest BCUT2D eigenvalue weighted by Gasteiger charge is 2.26. The topological polar surface area (TPSA) is 21.3 Å². The van der Waals surface area contributed by atoms with E-state index in [0.717, 1.165) is 36.3 Å². The molecule has 0 aromatic heterocycles. The van der Waals surface area contributed by atoms with Crippen molar-refractivity contribution in [1.82, 2.24) is 5.32 Å². The van der Waals surface area contributed by atoms with Crippen LogP contribution in [0.2, 0.25) is 5.02 Å². The SMILES string of the molecule is CCNC1CCCC1CCOc1ccc(C)cc1Cl. The first kappa shape index (κ1) is 14.7. The van der Waals surface area contributed by atoms with Gasteiger partial charge < -0.3 is 10.1 Å². The Morgan fingerprint density at radius 3 is 2.95 bits per heavy atom. The van der Waals surface area contributed by atoms with E-state index in [0.29, 0.717) is 6.04 Å². The maximum absolute atomic E-state index is 6.17. The molecule has 1 aromatic carbocycles. The first-order valence-electron chi connectivity index (χ1n) is 7.33. The normalized spacial score (nSPS) is 22.7. The average molecular weight is 282 g/mol. The minimum Gasteiger partial charge on any atom is -0.492 e. The summed E-state index contributed by atoms with van der Waals surface area (Å²) >= 11 is 6.17. The third-order valence-corrected chi connectivity index (χ3v) is 4.25. The first-order valence-corrected chi connectivity index (χ1v) is 7.71. The Morgan fingerprint density at radius 2 is 2.21 bits per heavy atom. The van der Waals surface area contributed by atoms with Gasteiger partial charge in [0.1, 0.15) is 5.75 Å². The van der Waals surface area contributed by atoms with E-state index < -0.39 is 0 Å². The fourth-order valence-electron chi connectivity index (χ4n) is 2.96. The summed E-state index contributed by atoms with van der Waals surface area (Å²) in [6.45, 7) is 6.04. The first-order chi connectivity index (χ1) is 9.20. The van der Waals surface area contributed by atoms with Gasteiger partial charge in [-0.1, -0.05) is 31.0 Å². The number of aryl methyl sites for hydroxylation is 1. The van der Waals surface area contributed by atoms with Crippen LogP contribution < -0.4 is 10.1 Å². The minimum atomic E-state index is 0.682. The lowest BCUT2D eigenvalue weighted by molar-refractivity contribution is 0.261. The van der Waals surface area contributed by atoms with Crippen molar-refractivity contribution in [2.75, 3.05) is 13.2 Å². The molecular formula is C16H24ClNO. The number of rotatable bonds is 6. The second kappa shape index (κ2) is 7.16. The van der Waals surface area contributed by atoms with Crippen molar-refractivity contribution in [3.8, 4) is 5.75 Å². The highest BCUT2D eigenvalue weighted by molar-refractivity contribution is 6.32. The van der Waals surface area contributed by atoms with Crippen molar-refractivity contribution in [1.29, 1.82) is 0 Å². The van der Waals surface area contributed by atoms with Gasteiger partial charge in [-0.15, -0.1) is 0 Å². The molecule has 0 heterocycles. The Kier molecular flexibility index (Phi) is 5.53. The maximum atomic E-state index is 6.17. The van der Waals surface area contributed by atoms with Crippen LogP contribution in [0.4, 0.5) is 0 Å². The van der Waals surface area contributed by atoms with Crippen LogP contribution in [0.5, 0.6) is 5.75 Å². The van der Waals surface area contributed by atoms with Crippen LogP contribution in [-0.2, 0) is 0 Å². The zero-order valence-corrected chi connectivity index (χ0v) is 12.7. The molecule has 0 spiro atoms. The number of benzene rings is 1. The van der Waals surface area contributed by atoms with Gasteiger partial charge in [0.2, 0.25) is 0 Å². The Balaban J connectivity index is 1.79. The zero-order chi connectivity index (χ0) is 13.7. The van der Waals surface area contributed by atoms with Crippen LogP contribution in [-0.4, -0.2) is 19.2 Å². The fourth-order valence-corrected chi connectivity index (χ4v) is 3.25. The van der Waals surface area contributed by atoms with Gasteiger partial charge in [0.15, 0.2) is 0 Å². The maximum Gasteiger partial charge on any atom is 0.137 e. The highest BCUT2D eigenvalue weighted by Crippen LogP contribution is 2.30. The predicted molar refractivity (Wildman–Crippen MR) is 81.1 cm³/mol. The standard InChI is InChI=1S/C16H24ClNO/c1-3-18-15-6-4-5-13(15)9-10-19-16-8-7-12(2)11-14(16)17/h7-8,11,13,15,18H,3-6,9-10H2,1-2H3. The predicted octanol–water partition coefficient (Wildman–Crippen LogP) is 4.20. The van der Waals surface area contributed by atoms with E-state index in [1.807, 2.05) is 25.1 Å². The lowest BCUT2D eigenvalue weighted by Gasteiger charge is -2.20. The molecular weight excluding hydrogens is 258 g/mol. The molecule has 0 bridgehead atoms. The van der Waals surface area contributed by atoms with Gasteiger partial charge in [-0.2, -0.15) is 0 Å². The summed E-state index contributed by atoms with van der Waals surface area (Å²) in [6, 6.07) is 6.64. The molecule has 0 saturated heterocycles. The van der Waals surface area contributed by atoms with Crippen LogP contribution in [0, 0.1) is 12.8 Å². The molecule has 1 fully saturated rings. The van der Waals surface area contributed by atoms with Crippen molar-refractivity contribution < 1.29 is 4.74 Å². The molecule has 1 aliphatic carbocycles. The van der Waals surface area contributed by atoms with E-state index in [4.69, 9.17) is 16.3 Å². The monoisotopic (exact) mass is 281 g/mol. The summed E-state index contributed by atoms with van der Waals surface area (Å²) in [4.78, 5) is 0. The summed E-state index contributed by atoms with van der Waals surface area (Å²) in [5, 5.41) is 4.30. The van der Waals surface area contributed by atoms with E-state index in [9.17, 15) is 0 Å². The summed E-state index contributed by atoms with van der Waals surface area (Å²) in [7, 11) is 0. The summed E-state index contributed by atoms with van der Waals surface area (Å²) in [5.41, 5.74) is 1.17. The number of ether oxygens (including phenoxy) is 1. The van der Waals surface area contributed by atoms with E-state index in [1.165, 1.54) is 24.8 Å². The van der Waals surface area contributed by atoms with Crippen LogP contribution in [0.25, 0.3) is 0 Å². The van der Waals surface area contributed by atoms with Crippen molar-refractivity contribution in [2.45, 2.75) is 45.6 Å². The summed E-state index contributed by atoms with van der Waals surface area (Å²) in [5.74, 6) is 1.56. The summed E-state index contributed by atoms with van der Waals surface area (Å²) in [6.07, 6.45) is 5.09. The third kappa shape index (κ3) is 4.12. The van der Waals surface area contributed by atoms with Crippen LogP contribution in [0.3, 0.4) is 0 Å².